The van der Waals surface area contributed by atoms with Gasteiger partial charge in [0.05, 0.1) is 6.61 Å². The molecule has 96 valence electrons. The van der Waals surface area contributed by atoms with E-state index in [2.05, 4.69) is 0 Å². The lowest BCUT2D eigenvalue weighted by Crippen LogP contribution is -2.39. The molecule has 0 aliphatic carbocycles. The topological polar surface area (TPSA) is 80.3 Å². The fraction of sp³-hybridized carbons (Fsp3) is 0.889. The minimum Gasteiger partial charge on any atom is -0.455 e. The first-order valence-electron chi connectivity index (χ1n) is 5.24. The lowest BCUT2D eigenvalue weighted by Gasteiger charge is -2.23. The van der Waals surface area contributed by atoms with Crippen LogP contribution in [-0.2, 0) is 38.7 Å². The van der Waals surface area contributed by atoms with E-state index in [1.165, 1.54) is 0 Å². The Morgan fingerprint density at radius 3 is 2.71 bits per heavy atom. The van der Waals surface area contributed by atoms with Crippen molar-refractivity contribution in [2.75, 3.05) is 6.61 Å². The predicted molar refractivity (Wildman–Crippen MR) is 52.7 cm³/mol. The maximum absolute atomic E-state index is 11.6. The maximum Gasteiger partial charge on any atom is 0.338 e. The van der Waals surface area contributed by atoms with Crippen LogP contribution in [0, 0.1) is 0 Å². The van der Waals surface area contributed by atoms with Crippen LogP contribution < -0.4 is 0 Å². The summed E-state index contributed by atoms with van der Waals surface area (Å²) < 4.78 is 36.9. The van der Waals surface area contributed by atoms with E-state index >= 15 is 0 Å². The van der Waals surface area contributed by atoms with Gasteiger partial charge in [-0.3, -0.25) is 8.37 Å². The average Bonchev–Trinajstić information content (AvgIpc) is 2.84. The van der Waals surface area contributed by atoms with Crippen LogP contribution in [0.15, 0.2) is 0 Å². The molecule has 0 amide bonds. The number of carbonyl (C=O) groups is 1. The first-order chi connectivity index (χ1) is 7.96. The molecule has 0 saturated carbocycles. The first kappa shape index (κ1) is 11.5. The SMILES string of the molecule is CC1(C)O[C@H]2[C@H]([C@@H]3COS(=O)O3)OC(=O)[C@@H]2O1. The fourth-order valence-corrected chi connectivity index (χ4v) is 2.86. The van der Waals surface area contributed by atoms with Gasteiger partial charge in [0.2, 0.25) is 0 Å². The molecule has 3 aliphatic rings. The summed E-state index contributed by atoms with van der Waals surface area (Å²) in [7, 11) is 0. The van der Waals surface area contributed by atoms with Crippen molar-refractivity contribution in [3.05, 3.63) is 0 Å². The summed E-state index contributed by atoms with van der Waals surface area (Å²) in [5.41, 5.74) is 0. The molecule has 3 rings (SSSR count). The van der Waals surface area contributed by atoms with Crippen LogP contribution in [0.1, 0.15) is 13.8 Å². The molecule has 0 aromatic carbocycles. The molecule has 0 spiro atoms. The molecule has 0 radical (unpaired) electrons. The molecule has 0 aromatic rings. The Bertz CT molecular complexity index is 382. The van der Waals surface area contributed by atoms with Gasteiger partial charge in [-0.2, -0.15) is 4.21 Å². The first-order valence-corrected chi connectivity index (χ1v) is 6.24. The van der Waals surface area contributed by atoms with Gasteiger partial charge >= 0.3 is 17.3 Å². The summed E-state index contributed by atoms with van der Waals surface area (Å²) in [5, 5.41) is 0. The van der Waals surface area contributed by atoms with E-state index in [0.29, 0.717) is 0 Å². The van der Waals surface area contributed by atoms with Gasteiger partial charge in [-0.1, -0.05) is 0 Å². The molecule has 3 heterocycles. The molecule has 3 aliphatic heterocycles. The summed E-state index contributed by atoms with van der Waals surface area (Å²) in [4.78, 5) is 11.6. The van der Waals surface area contributed by atoms with Gasteiger partial charge in [0, 0.05) is 0 Å². The van der Waals surface area contributed by atoms with Gasteiger partial charge in [-0.25, -0.2) is 4.79 Å². The van der Waals surface area contributed by atoms with E-state index in [-0.39, 0.29) is 6.61 Å². The summed E-state index contributed by atoms with van der Waals surface area (Å²) >= 11 is -1.77. The van der Waals surface area contributed by atoms with Crippen molar-refractivity contribution < 1.29 is 31.6 Å². The average molecular weight is 264 g/mol. The smallest absolute Gasteiger partial charge is 0.338 e. The molecule has 3 fully saturated rings. The summed E-state index contributed by atoms with van der Waals surface area (Å²) in [6, 6.07) is 0. The Balaban J connectivity index is 1.79. The molecule has 0 aromatic heterocycles. The summed E-state index contributed by atoms with van der Waals surface area (Å²) in [6.45, 7) is 3.55. The molecular weight excluding hydrogens is 252 g/mol. The highest BCUT2D eigenvalue weighted by atomic mass is 32.2. The van der Waals surface area contributed by atoms with E-state index in [0.717, 1.165) is 0 Å². The minimum absolute atomic E-state index is 0.109. The van der Waals surface area contributed by atoms with Crippen molar-refractivity contribution in [3.8, 4) is 0 Å². The largest absolute Gasteiger partial charge is 0.455 e. The van der Waals surface area contributed by atoms with Gasteiger partial charge < -0.3 is 14.2 Å². The second kappa shape index (κ2) is 3.72. The van der Waals surface area contributed by atoms with Crippen molar-refractivity contribution in [1.82, 2.24) is 0 Å². The second-order valence-corrected chi connectivity index (χ2v) is 5.38. The van der Waals surface area contributed by atoms with Crippen molar-refractivity contribution in [3.63, 3.8) is 0 Å². The number of hydrogen-bond donors (Lipinski definition) is 0. The number of hydrogen-bond acceptors (Lipinski definition) is 7. The minimum atomic E-state index is -1.77. The van der Waals surface area contributed by atoms with E-state index < -0.39 is 47.5 Å². The highest BCUT2D eigenvalue weighted by Gasteiger charge is 2.59. The number of ether oxygens (including phenoxy) is 3. The molecule has 0 bridgehead atoms. The zero-order valence-electron chi connectivity index (χ0n) is 9.28. The van der Waals surface area contributed by atoms with Crippen molar-refractivity contribution in [1.29, 1.82) is 0 Å². The molecule has 1 unspecified atom stereocenters. The number of esters is 1. The van der Waals surface area contributed by atoms with E-state index in [1.54, 1.807) is 13.8 Å². The molecule has 7 nitrogen and oxygen atoms in total. The van der Waals surface area contributed by atoms with Crippen molar-refractivity contribution in [2.45, 2.75) is 44.1 Å². The fourth-order valence-electron chi connectivity index (χ4n) is 2.20. The van der Waals surface area contributed by atoms with Crippen LogP contribution in [-0.4, -0.2) is 47.0 Å². The molecule has 17 heavy (non-hydrogen) atoms. The zero-order valence-corrected chi connectivity index (χ0v) is 10.1. The number of cyclic esters (lactones) is 1. The second-order valence-electron chi connectivity index (χ2n) is 4.55. The number of rotatable bonds is 1. The van der Waals surface area contributed by atoms with E-state index in [1.807, 2.05) is 0 Å². The van der Waals surface area contributed by atoms with Gasteiger partial charge in [0.25, 0.3) is 0 Å². The Kier molecular flexibility index (Phi) is 2.53. The van der Waals surface area contributed by atoms with Gasteiger partial charge in [-0.15, -0.1) is 0 Å². The zero-order chi connectivity index (χ0) is 12.2. The Hall–Kier alpha value is -0.540. The number of carbonyl (C=O) groups excluding carboxylic acids is 1. The molecular formula is C9H12O7S. The molecule has 5 atom stereocenters. The molecule has 3 saturated heterocycles. The molecule has 0 N–H and O–H groups in total. The third-order valence-electron chi connectivity index (χ3n) is 2.83. The van der Waals surface area contributed by atoms with Gasteiger partial charge in [-0.05, 0) is 13.8 Å². The van der Waals surface area contributed by atoms with Gasteiger partial charge in [0.15, 0.2) is 18.0 Å². The maximum atomic E-state index is 11.6. The number of fused-ring (bicyclic) bond motifs is 1. The van der Waals surface area contributed by atoms with Crippen LogP contribution in [0.4, 0.5) is 0 Å². The lowest BCUT2D eigenvalue weighted by molar-refractivity contribution is -0.191. The van der Waals surface area contributed by atoms with Crippen LogP contribution in [0.2, 0.25) is 0 Å². The van der Waals surface area contributed by atoms with Gasteiger partial charge in [0.1, 0.15) is 12.2 Å². The van der Waals surface area contributed by atoms with Crippen LogP contribution in [0.5, 0.6) is 0 Å². The summed E-state index contributed by atoms with van der Waals surface area (Å²) in [5.74, 6) is -1.31. The monoisotopic (exact) mass is 264 g/mol. The quantitative estimate of drug-likeness (QED) is 0.586. The van der Waals surface area contributed by atoms with Crippen molar-refractivity contribution in [2.24, 2.45) is 0 Å². The van der Waals surface area contributed by atoms with Crippen LogP contribution in [0.25, 0.3) is 0 Å². The third kappa shape index (κ3) is 1.89. The van der Waals surface area contributed by atoms with Crippen LogP contribution >= 0.6 is 0 Å². The highest BCUT2D eigenvalue weighted by Crippen LogP contribution is 2.38. The predicted octanol–water partition coefficient (Wildman–Crippen LogP) is -0.574. The summed E-state index contributed by atoms with van der Waals surface area (Å²) in [6.07, 6.45) is -2.50. The third-order valence-corrected chi connectivity index (χ3v) is 3.57. The normalized spacial score (nSPS) is 48.1. The van der Waals surface area contributed by atoms with Crippen molar-refractivity contribution >= 4 is 17.3 Å². The Labute approximate surface area is 100 Å². The van der Waals surface area contributed by atoms with Crippen LogP contribution in [0.3, 0.4) is 0 Å². The standard InChI is InChI=1S/C9H12O7S/c1-9(2)14-6-5(4-3-12-17(11)16-4)13-8(10)7(6)15-9/h4-7H,3H2,1-2H3/t4-,5-,6-,7+,17?/m0/s1. The van der Waals surface area contributed by atoms with E-state index in [9.17, 15) is 9.00 Å². The Morgan fingerprint density at radius 1 is 1.29 bits per heavy atom. The molecule has 8 heteroatoms. The Morgan fingerprint density at radius 2 is 2.06 bits per heavy atom. The lowest BCUT2D eigenvalue weighted by atomic mass is 10.1. The highest BCUT2D eigenvalue weighted by molar-refractivity contribution is 7.75. The van der Waals surface area contributed by atoms with E-state index in [4.69, 9.17) is 22.6 Å².